The molecular weight excluding hydrogens is 686 g/mol. The van der Waals surface area contributed by atoms with E-state index in [4.69, 9.17) is 36.5 Å². The van der Waals surface area contributed by atoms with Gasteiger partial charge in [0, 0.05) is 59.1 Å². The number of amidine groups is 2. The van der Waals surface area contributed by atoms with Crippen molar-refractivity contribution in [1.82, 2.24) is 10.3 Å². The third-order valence-corrected chi connectivity index (χ3v) is 8.59. The van der Waals surface area contributed by atoms with Gasteiger partial charge in [-0.1, -0.05) is 55.1 Å². The lowest BCUT2D eigenvalue weighted by Crippen LogP contribution is -2.27. The van der Waals surface area contributed by atoms with Crippen molar-refractivity contribution in [3.8, 4) is 22.8 Å². The van der Waals surface area contributed by atoms with E-state index in [0.29, 0.717) is 73.9 Å². The summed E-state index contributed by atoms with van der Waals surface area (Å²) in [5, 5.41) is 33.0. The van der Waals surface area contributed by atoms with Gasteiger partial charge >= 0.3 is 0 Å². The average molecular weight is 732 g/mol. The summed E-state index contributed by atoms with van der Waals surface area (Å²) in [6, 6.07) is 25.1. The first-order chi connectivity index (χ1) is 26.1. The van der Waals surface area contributed by atoms with Gasteiger partial charge in [-0.05, 0) is 59.5 Å². The molecule has 4 aromatic carbocycles. The zero-order chi connectivity index (χ0) is 38.5. The Morgan fingerprint density at radius 3 is 2.26 bits per heavy atom. The zero-order valence-electron chi connectivity index (χ0n) is 29.9. The lowest BCUT2D eigenvalue weighted by molar-refractivity contribution is -0.121. The molecule has 2 amide bonds. The Labute approximate surface area is 313 Å². The van der Waals surface area contributed by atoms with Gasteiger partial charge in [0.2, 0.25) is 11.8 Å². The Hall–Kier alpha value is -6.44. The van der Waals surface area contributed by atoms with Crippen molar-refractivity contribution >= 4 is 40.1 Å². The molecule has 0 spiro atoms. The number of phenols is 1. The van der Waals surface area contributed by atoms with Crippen LogP contribution in [-0.4, -0.2) is 59.9 Å². The molecular formula is C41H45N7O6. The molecule has 5 rings (SSSR count). The average Bonchev–Trinajstić information content (AvgIpc) is 3.52. The van der Waals surface area contributed by atoms with Crippen LogP contribution in [0.4, 0.5) is 5.69 Å². The minimum atomic E-state index is -0.251. The number of nitrogens with one attached hydrogen (secondary N) is 5. The molecule has 13 nitrogen and oxygen atoms in total. The molecule has 1 aromatic heterocycles. The molecule has 0 saturated heterocycles. The summed E-state index contributed by atoms with van der Waals surface area (Å²) in [4.78, 5) is 28.5. The van der Waals surface area contributed by atoms with Crippen molar-refractivity contribution in [2.45, 2.75) is 32.3 Å². The van der Waals surface area contributed by atoms with E-state index in [-0.39, 0.29) is 42.1 Å². The van der Waals surface area contributed by atoms with Gasteiger partial charge in [-0.2, -0.15) is 0 Å². The van der Waals surface area contributed by atoms with Crippen LogP contribution >= 0.6 is 0 Å². The maximum atomic E-state index is 12.8. The van der Waals surface area contributed by atoms with Gasteiger partial charge in [0.1, 0.15) is 23.2 Å². The van der Waals surface area contributed by atoms with E-state index in [1.54, 1.807) is 36.4 Å². The number of amides is 2. The molecule has 10 N–H and O–H groups in total. The van der Waals surface area contributed by atoms with Crippen LogP contribution in [-0.2, 0) is 32.1 Å². The number of benzene rings is 4. The van der Waals surface area contributed by atoms with E-state index >= 15 is 0 Å². The second-order valence-electron chi connectivity index (χ2n) is 12.5. The molecule has 0 fully saturated rings. The quantitative estimate of drug-likeness (QED) is 0.0163. The number of nitrogens with two attached hydrogens (primary N) is 2. The van der Waals surface area contributed by atoms with Crippen LogP contribution in [0, 0.1) is 10.8 Å². The van der Waals surface area contributed by atoms with Crippen molar-refractivity contribution < 1.29 is 28.9 Å². The standard InChI is InChI=1S/C41H45N7O6/c1-2-54-32-14-6-26(7-15-32)25-53-21-20-52-19-18-46-37(50)4-3-5-38(51)47-31-13-17-36(49)30(22-31)23-34-33-16-12-29(41(44)45)24-35(33)48-39(34)27-8-10-28(11-9-27)40(42)43/h2,6-17,22,24,48-49H,1,3-5,18-21,23,25H2,(H3,42,43)(H3,44,45)(H,46,50)(H,47,51). The number of carbonyl (C=O) groups is 2. The first-order valence-electron chi connectivity index (χ1n) is 17.5. The number of fused-ring (bicyclic) bond motifs is 1. The molecule has 0 bridgehead atoms. The maximum absolute atomic E-state index is 12.8. The fourth-order valence-corrected chi connectivity index (χ4v) is 5.82. The largest absolute Gasteiger partial charge is 0.508 e. The number of phenolic OH excluding ortho intramolecular Hbond substituents is 1. The molecule has 0 aliphatic rings. The molecule has 0 unspecified atom stereocenters. The van der Waals surface area contributed by atoms with Crippen LogP contribution in [0.25, 0.3) is 22.2 Å². The number of nitrogen functional groups attached to an aromatic ring is 2. The van der Waals surface area contributed by atoms with Gasteiger partial charge in [-0.3, -0.25) is 20.4 Å². The molecule has 1 heterocycles. The number of anilines is 1. The number of hydrogen-bond donors (Lipinski definition) is 8. The summed E-state index contributed by atoms with van der Waals surface area (Å²) in [6.45, 7) is 5.49. The number of carbonyl (C=O) groups excluding carboxylic acids is 2. The van der Waals surface area contributed by atoms with Crippen LogP contribution < -0.4 is 26.8 Å². The fourth-order valence-electron chi connectivity index (χ4n) is 5.82. The zero-order valence-corrected chi connectivity index (χ0v) is 29.9. The monoisotopic (exact) mass is 731 g/mol. The summed E-state index contributed by atoms with van der Waals surface area (Å²) in [6.07, 6.45) is 2.39. The Bertz CT molecular complexity index is 2110. The van der Waals surface area contributed by atoms with Crippen LogP contribution in [0.2, 0.25) is 0 Å². The second-order valence-corrected chi connectivity index (χ2v) is 12.5. The van der Waals surface area contributed by atoms with E-state index < -0.39 is 0 Å². The molecule has 280 valence electrons. The minimum absolute atomic E-state index is 0.0360. The van der Waals surface area contributed by atoms with Crippen molar-refractivity contribution in [2.75, 3.05) is 31.7 Å². The summed E-state index contributed by atoms with van der Waals surface area (Å²) in [7, 11) is 0. The lowest BCUT2D eigenvalue weighted by atomic mass is 9.96. The summed E-state index contributed by atoms with van der Waals surface area (Å²) < 4.78 is 16.3. The third kappa shape index (κ3) is 10.8. The number of aromatic amines is 1. The van der Waals surface area contributed by atoms with Gasteiger partial charge in [0.15, 0.2) is 0 Å². The van der Waals surface area contributed by atoms with E-state index in [2.05, 4.69) is 22.2 Å². The molecule has 0 aliphatic carbocycles. The Morgan fingerprint density at radius 2 is 1.54 bits per heavy atom. The van der Waals surface area contributed by atoms with E-state index in [1.165, 1.54) is 12.3 Å². The Balaban J connectivity index is 1.08. The Kier molecular flexibility index (Phi) is 13.6. The van der Waals surface area contributed by atoms with Crippen LogP contribution in [0.5, 0.6) is 11.5 Å². The maximum Gasteiger partial charge on any atom is 0.224 e. The van der Waals surface area contributed by atoms with E-state index in [1.807, 2.05) is 42.5 Å². The molecule has 0 aliphatic heterocycles. The normalized spacial score (nSPS) is 10.9. The third-order valence-electron chi connectivity index (χ3n) is 8.59. The highest BCUT2D eigenvalue weighted by molar-refractivity contribution is 6.01. The fraction of sp³-hybridized carbons (Fsp3) is 0.220. The van der Waals surface area contributed by atoms with Crippen molar-refractivity contribution in [2.24, 2.45) is 11.5 Å². The number of hydrogen-bond acceptors (Lipinski definition) is 8. The number of ether oxygens (including phenoxy) is 3. The van der Waals surface area contributed by atoms with E-state index in [9.17, 15) is 14.7 Å². The smallest absolute Gasteiger partial charge is 0.224 e. The number of rotatable bonds is 20. The summed E-state index contributed by atoms with van der Waals surface area (Å²) >= 11 is 0. The van der Waals surface area contributed by atoms with Gasteiger partial charge in [0.05, 0.1) is 38.4 Å². The van der Waals surface area contributed by atoms with Crippen LogP contribution in [0.3, 0.4) is 0 Å². The van der Waals surface area contributed by atoms with Crippen molar-refractivity contribution in [3.05, 3.63) is 126 Å². The van der Waals surface area contributed by atoms with Gasteiger partial charge in [0.25, 0.3) is 0 Å². The molecule has 0 saturated carbocycles. The second kappa shape index (κ2) is 18.9. The van der Waals surface area contributed by atoms with Crippen molar-refractivity contribution in [1.29, 1.82) is 10.8 Å². The summed E-state index contributed by atoms with van der Waals surface area (Å²) in [5.41, 5.74) is 18.0. The molecule has 0 atom stereocenters. The summed E-state index contributed by atoms with van der Waals surface area (Å²) in [5.74, 6) is 0.267. The van der Waals surface area contributed by atoms with Crippen molar-refractivity contribution in [3.63, 3.8) is 0 Å². The first kappa shape index (κ1) is 38.8. The molecule has 13 heteroatoms. The molecule has 54 heavy (non-hydrogen) atoms. The lowest BCUT2D eigenvalue weighted by Gasteiger charge is -2.11. The number of H-pyrrole nitrogens is 1. The molecule has 5 aromatic rings. The van der Waals surface area contributed by atoms with Gasteiger partial charge in [-0.15, -0.1) is 0 Å². The highest BCUT2D eigenvalue weighted by atomic mass is 16.5. The van der Waals surface area contributed by atoms with Crippen LogP contribution in [0.15, 0.2) is 97.8 Å². The van der Waals surface area contributed by atoms with Crippen LogP contribution in [0.1, 0.15) is 47.1 Å². The highest BCUT2D eigenvalue weighted by Gasteiger charge is 2.17. The predicted octanol–water partition coefficient (Wildman–Crippen LogP) is 5.68. The number of aromatic hydroxyl groups is 1. The van der Waals surface area contributed by atoms with Gasteiger partial charge < -0.3 is 46.4 Å². The topological polar surface area (TPSA) is 222 Å². The van der Waals surface area contributed by atoms with E-state index in [0.717, 1.165) is 33.3 Å². The predicted molar refractivity (Wildman–Crippen MR) is 210 cm³/mol. The SMILES string of the molecule is C=COc1ccc(COCCOCCNC(=O)CCCC(=O)Nc2ccc(O)c(Cc3c(-c4ccc(C(=N)N)cc4)[nH]c4cc(C(=N)N)ccc34)c2)cc1. The van der Waals surface area contributed by atoms with Gasteiger partial charge in [-0.25, -0.2) is 0 Å². The highest BCUT2D eigenvalue weighted by Crippen LogP contribution is 2.35. The number of aromatic nitrogens is 1. The Morgan fingerprint density at radius 1 is 0.833 bits per heavy atom. The minimum Gasteiger partial charge on any atom is -0.508 e. The molecule has 0 radical (unpaired) electrons. The first-order valence-corrected chi connectivity index (χ1v) is 17.5.